The zero-order valence-corrected chi connectivity index (χ0v) is 19.1. The van der Waals surface area contributed by atoms with Crippen LogP contribution in [0.3, 0.4) is 0 Å². The van der Waals surface area contributed by atoms with Crippen LogP contribution in [-0.2, 0) is 24.3 Å². The summed E-state index contributed by atoms with van der Waals surface area (Å²) in [4.78, 5) is 24.8. The van der Waals surface area contributed by atoms with Crippen LogP contribution in [0.15, 0.2) is 47.6 Å². The fourth-order valence-electron chi connectivity index (χ4n) is 3.24. The molecule has 0 aliphatic carbocycles. The molecular formula is C23H26FN5O2S. The largest absolute Gasteiger partial charge is 0.345 e. The molecule has 2 N–H and O–H groups in total. The average Bonchev–Trinajstić information content (AvgIpc) is 3.19. The Balaban J connectivity index is 1.59. The van der Waals surface area contributed by atoms with E-state index < -0.39 is 5.82 Å². The molecule has 0 radical (unpaired) electrons. The van der Waals surface area contributed by atoms with Gasteiger partial charge in [-0.3, -0.25) is 9.59 Å². The molecule has 0 unspecified atom stereocenters. The lowest BCUT2D eigenvalue weighted by atomic mass is 10.1. The number of aromatic nitrogens is 3. The number of thioether (sulfide) groups is 1. The highest BCUT2D eigenvalue weighted by Crippen LogP contribution is 2.22. The van der Waals surface area contributed by atoms with Gasteiger partial charge >= 0.3 is 0 Å². The second-order valence-electron chi connectivity index (χ2n) is 7.13. The number of amides is 2. The van der Waals surface area contributed by atoms with E-state index in [0.717, 1.165) is 23.2 Å². The summed E-state index contributed by atoms with van der Waals surface area (Å²) in [6.07, 6.45) is 0.835. The molecule has 3 rings (SSSR count). The number of benzene rings is 2. The first-order valence-corrected chi connectivity index (χ1v) is 11.4. The fraction of sp³-hybridized carbons (Fsp3) is 0.304. The topological polar surface area (TPSA) is 88.9 Å². The molecular weight excluding hydrogens is 429 g/mol. The molecule has 0 atom stereocenters. The Bertz CT molecular complexity index is 1100. The Labute approximate surface area is 190 Å². The van der Waals surface area contributed by atoms with Gasteiger partial charge in [0.25, 0.3) is 5.91 Å². The summed E-state index contributed by atoms with van der Waals surface area (Å²) < 4.78 is 14.9. The molecule has 168 valence electrons. The van der Waals surface area contributed by atoms with Crippen molar-refractivity contribution in [3.63, 3.8) is 0 Å². The fourth-order valence-corrected chi connectivity index (χ4v) is 4.07. The number of aryl methyl sites for hydroxylation is 2. The lowest BCUT2D eigenvalue weighted by Crippen LogP contribution is -2.24. The van der Waals surface area contributed by atoms with Crippen LogP contribution in [0.2, 0.25) is 0 Å². The van der Waals surface area contributed by atoms with Crippen molar-refractivity contribution in [3.05, 3.63) is 70.8 Å². The van der Waals surface area contributed by atoms with Crippen molar-refractivity contribution in [2.75, 3.05) is 11.1 Å². The van der Waals surface area contributed by atoms with Crippen molar-refractivity contribution in [1.29, 1.82) is 0 Å². The minimum Gasteiger partial charge on any atom is -0.345 e. The number of rotatable bonds is 9. The molecule has 0 aliphatic rings. The number of carbonyl (C=O) groups is 2. The second-order valence-corrected chi connectivity index (χ2v) is 8.07. The highest BCUT2D eigenvalue weighted by atomic mass is 32.2. The Hall–Kier alpha value is -3.20. The molecule has 0 aliphatic heterocycles. The van der Waals surface area contributed by atoms with Crippen LogP contribution in [-0.4, -0.2) is 32.3 Å². The average molecular weight is 456 g/mol. The maximum absolute atomic E-state index is 13.0. The molecule has 0 fully saturated rings. The van der Waals surface area contributed by atoms with Gasteiger partial charge in [0.05, 0.1) is 12.3 Å². The minimum atomic E-state index is -0.397. The van der Waals surface area contributed by atoms with Crippen LogP contribution in [0.5, 0.6) is 0 Å². The van der Waals surface area contributed by atoms with E-state index >= 15 is 0 Å². The maximum Gasteiger partial charge on any atom is 0.251 e. The summed E-state index contributed by atoms with van der Waals surface area (Å²) in [5, 5.41) is 14.7. The number of nitrogens with one attached hydrogen (secondary N) is 2. The number of carbonyl (C=O) groups excluding carboxylic acids is 2. The van der Waals surface area contributed by atoms with Gasteiger partial charge < -0.3 is 15.2 Å². The third-order valence-electron chi connectivity index (χ3n) is 4.96. The predicted molar refractivity (Wildman–Crippen MR) is 123 cm³/mol. The number of nitrogens with zero attached hydrogens (tertiary/aromatic N) is 3. The molecule has 9 heteroatoms. The van der Waals surface area contributed by atoms with E-state index in [1.54, 1.807) is 0 Å². The molecule has 0 bridgehead atoms. The standard InChI is InChI=1S/C23H26FN5O2S/c1-4-16-8-6-7-15(3)21(16)26-20(30)14-32-23-28-27-19(29(23)5-2)13-25-22(31)17-9-11-18(24)12-10-17/h6-12H,4-5,13-14H2,1-3H3,(H,25,31)(H,26,30). The summed E-state index contributed by atoms with van der Waals surface area (Å²) in [6, 6.07) is 11.3. The van der Waals surface area contributed by atoms with Crippen molar-refractivity contribution in [2.24, 2.45) is 0 Å². The molecule has 0 saturated carbocycles. The summed E-state index contributed by atoms with van der Waals surface area (Å²) in [5.74, 6) is -0.0632. The third-order valence-corrected chi connectivity index (χ3v) is 5.93. The lowest BCUT2D eigenvalue weighted by Gasteiger charge is -2.13. The van der Waals surface area contributed by atoms with E-state index in [4.69, 9.17) is 0 Å². The van der Waals surface area contributed by atoms with Gasteiger partial charge in [0, 0.05) is 17.8 Å². The predicted octanol–water partition coefficient (Wildman–Crippen LogP) is 3.97. The summed E-state index contributed by atoms with van der Waals surface area (Å²) >= 11 is 1.29. The monoisotopic (exact) mass is 455 g/mol. The van der Waals surface area contributed by atoms with Gasteiger partial charge in [0.2, 0.25) is 5.91 Å². The molecule has 32 heavy (non-hydrogen) atoms. The molecule has 0 saturated heterocycles. The third kappa shape index (κ3) is 5.73. The van der Waals surface area contributed by atoms with Crippen molar-refractivity contribution < 1.29 is 14.0 Å². The molecule has 3 aromatic rings. The molecule has 7 nitrogen and oxygen atoms in total. The van der Waals surface area contributed by atoms with Crippen molar-refractivity contribution in [1.82, 2.24) is 20.1 Å². The quantitative estimate of drug-likeness (QED) is 0.477. The van der Waals surface area contributed by atoms with Gasteiger partial charge in [-0.2, -0.15) is 0 Å². The number of anilines is 1. The Morgan fingerprint density at radius 1 is 1.09 bits per heavy atom. The van der Waals surface area contributed by atoms with Crippen LogP contribution in [0, 0.1) is 12.7 Å². The van der Waals surface area contributed by atoms with Crippen molar-refractivity contribution in [2.45, 2.75) is 45.4 Å². The van der Waals surface area contributed by atoms with Crippen LogP contribution < -0.4 is 10.6 Å². The van der Waals surface area contributed by atoms with E-state index in [2.05, 4.69) is 27.8 Å². The number of hydrogen-bond acceptors (Lipinski definition) is 5. The van der Waals surface area contributed by atoms with E-state index in [1.165, 1.54) is 36.0 Å². The smallest absolute Gasteiger partial charge is 0.251 e. The van der Waals surface area contributed by atoms with Crippen LogP contribution >= 0.6 is 11.8 Å². The molecule has 2 aromatic carbocycles. The van der Waals surface area contributed by atoms with Gasteiger partial charge in [-0.25, -0.2) is 4.39 Å². The van der Waals surface area contributed by atoms with Gasteiger partial charge in [0.1, 0.15) is 5.82 Å². The van der Waals surface area contributed by atoms with Gasteiger partial charge in [-0.15, -0.1) is 10.2 Å². The van der Waals surface area contributed by atoms with Crippen molar-refractivity contribution in [3.8, 4) is 0 Å². The molecule has 1 aromatic heterocycles. The first kappa shape index (κ1) is 23.5. The lowest BCUT2D eigenvalue weighted by molar-refractivity contribution is -0.113. The number of halogens is 1. The van der Waals surface area contributed by atoms with Gasteiger partial charge in [-0.1, -0.05) is 36.9 Å². The first-order valence-electron chi connectivity index (χ1n) is 10.4. The SMILES string of the molecule is CCc1cccc(C)c1NC(=O)CSc1nnc(CNC(=O)c2ccc(F)cc2)n1CC. The van der Waals surface area contributed by atoms with Crippen LogP contribution in [0.4, 0.5) is 10.1 Å². The second kappa shape index (κ2) is 10.9. The Morgan fingerprint density at radius 2 is 1.84 bits per heavy atom. The van der Waals surface area contributed by atoms with Crippen molar-refractivity contribution >= 4 is 29.3 Å². The normalized spacial score (nSPS) is 10.8. The highest BCUT2D eigenvalue weighted by molar-refractivity contribution is 7.99. The van der Waals surface area contributed by atoms with Gasteiger partial charge in [0.15, 0.2) is 11.0 Å². The number of para-hydroxylation sites is 1. The van der Waals surface area contributed by atoms with Crippen LogP contribution in [0.25, 0.3) is 0 Å². The molecule has 1 heterocycles. The highest BCUT2D eigenvalue weighted by Gasteiger charge is 2.15. The maximum atomic E-state index is 13.0. The van der Waals surface area contributed by atoms with Gasteiger partial charge in [-0.05, 0) is 55.7 Å². The minimum absolute atomic E-state index is 0.115. The Kier molecular flexibility index (Phi) is 7.99. The van der Waals surface area contributed by atoms with Crippen LogP contribution in [0.1, 0.15) is 41.2 Å². The zero-order chi connectivity index (χ0) is 23.1. The van der Waals surface area contributed by atoms with E-state index in [0.29, 0.717) is 23.1 Å². The van der Waals surface area contributed by atoms with E-state index in [9.17, 15) is 14.0 Å². The Morgan fingerprint density at radius 3 is 2.53 bits per heavy atom. The number of hydrogen-bond donors (Lipinski definition) is 2. The zero-order valence-electron chi connectivity index (χ0n) is 18.3. The van der Waals surface area contributed by atoms with E-state index in [-0.39, 0.29) is 24.1 Å². The van der Waals surface area contributed by atoms with E-state index in [1.807, 2.05) is 36.6 Å². The molecule has 2 amide bonds. The molecule has 0 spiro atoms. The summed E-state index contributed by atoms with van der Waals surface area (Å²) in [6.45, 7) is 6.74. The summed E-state index contributed by atoms with van der Waals surface area (Å²) in [7, 11) is 0. The first-order chi connectivity index (χ1) is 15.4. The summed E-state index contributed by atoms with van der Waals surface area (Å²) in [5.41, 5.74) is 3.35.